The average molecular weight is 155 g/mol. The minimum absolute atomic E-state index is 0.351. The van der Waals surface area contributed by atoms with E-state index in [4.69, 9.17) is 5.11 Å². The molecule has 1 aliphatic carbocycles. The van der Waals surface area contributed by atoms with Crippen molar-refractivity contribution in [3.63, 3.8) is 0 Å². The Morgan fingerprint density at radius 3 is 2.91 bits per heavy atom. The highest BCUT2D eigenvalue weighted by molar-refractivity contribution is 4.95. The Labute approximate surface area is 68.2 Å². The van der Waals surface area contributed by atoms with Gasteiger partial charge in [0, 0.05) is 12.1 Å². The molecule has 0 aromatic heterocycles. The van der Waals surface area contributed by atoms with Gasteiger partial charge in [0.15, 0.2) is 0 Å². The van der Waals surface area contributed by atoms with E-state index in [1.54, 1.807) is 0 Å². The molecule has 1 aliphatic heterocycles. The molecule has 1 heterocycles. The van der Waals surface area contributed by atoms with Crippen LogP contribution in [-0.2, 0) is 0 Å². The van der Waals surface area contributed by atoms with E-state index in [9.17, 15) is 0 Å². The Hall–Kier alpha value is -0.0800. The number of fused-ring (bicyclic) bond motifs is 1. The van der Waals surface area contributed by atoms with Gasteiger partial charge in [0.25, 0.3) is 0 Å². The Morgan fingerprint density at radius 2 is 2.27 bits per heavy atom. The zero-order valence-electron chi connectivity index (χ0n) is 7.16. The molecular formula is C9H17NO. The monoisotopic (exact) mass is 155 g/mol. The van der Waals surface area contributed by atoms with Gasteiger partial charge in [-0.05, 0) is 32.2 Å². The molecule has 2 rings (SSSR count). The van der Waals surface area contributed by atoms with Crippen molar-refractivity contribution in [1.29, 1.82) is 0 Å². The van der Waals surface area contributed by atoms with Crippen LogP contribution < -0.4 is 0 Å². The largest absolute Gasteiger partial charge is 0.395 e. The number of aliphatic hydroxyl groups excluding tert-OH is 1. The zero-order chi connectivity index (χ0) is 7.84. The molecule has 0 bridgehead atoms. The molecule has 2 aliphatic rings. The molecule has 3 atom stereocenters. The third-order valence-corrected chi connectivity index (χ3v) is 3.50. The molecule has 0 amide bonds. The summed E-state index contributed by atoms with van der Waals surface area (Å²) in [7, 11) is 2.16. The van der Waals surface area contributed by atoms with Crippen LogP contribution in [0.2, 0.25) is 0 Å². The highest BCUT2D eigenvalue weighted by Gasteiger charge is 2.40. The van der Waals surface area contributed by atoms with Crippen LogP contribution in [0, 0.1) is 5.92 Å². The molecule has 1 saturated heterocycles. The first kappa shape index (κ1) is 7.56. The molecular weight excluding hydrogens is 138 g/mol. The van der Waals surface area contributed by atoms with E-state index in [1.807, 2.05) is 0 Å². The maximum absolute atomic E-state index is 9.05. The van der Waals surface area contributed by atoms with Crippen LogP contribution in [0.1, 0.15) is 25.7 Å². The summed E-state index contributed by atoms with van der Waals surface area (Å²) in [6.45, 7) is 0.351. The van der Waals surface area contributed by atoms with E-state index in [-0.39, 0.29) is 0 Å². The highest BCUT2D eigenvalue weighted by Crippen LogP contribution is 2.39. The van der Waals surface area contributed by atoms with Crippen LogP contribution in [0.3, 0.4) is 0 Å². The predicted octanol–water partition coefficient (Wildman–Crippen LogP) is 0.851. The first-order chi connectivity index (χ1) is 5.33. The number of nitrogens with zero attached hydrogens (tertiary/aromatic N) is 1. The Balaban J connectivity index is 2.04. The van der Waals surface area contributed by atoms with Crippen LogP contribution in [0.15, 0.2) is 0 Å². The van der Waals surface area contributed by atoms with Crippen molar-refractivity contribution >= 4 is 0 Å². The first-order valence-electron chi connectivity index (χ1n) is 4.65. The average Bonchev–Trinajstić information content (AvgIpc) is 2.53. The summed E-state index contributed by atoms with van der Waals surface area (Å²) in [5, 5.41) is 9.05. The molecule has 0 radical (unpaired) electrons. The summed E-state index contributed by atoms with van der Waals surface area (Å²) in [6, 6.07) is 1.26. The van der Waals surface area contributed by atoms with Crippen molar-refractivity contribution in [2.45, 2.75) is 37.8 Å². The normalized spacial score (nSPS) is 44.7. The SMILES string of the molecule is CN1[C@H](CO)C[C@H]2CCC[C@H]21. The van der Waals surface area contributed by atoms with Crippen molar-refractivity contribution in [3.8, 4) is 0 Å². The minimum atomic E-state index is 0.351. The van der Waals surface area contributed by atoms with Crippen LogP contribution >= 0.6 is 0 Å². The number of likely N-dealkylation sites (N-methyl/N-ethyl adjacent to an activating group) is 1. The van der Waals surface area contributed by atoms with Crippen molar-refractivity contribution < 1.29 is 5.11 Å². The van der Waals surface area contributed by atoms with Gasteiger partial charge in [-0.15, -0.1) is 0 Å². The van der Waals surface area contributed by atoms with Gasteiger partial charge in [-0.3, -0.25) is 4.90 Å². The maximum Gasteiger partial charge on any atom is 0.0586 e. The Kier molecular flexibility index (Phi) is 1.90. The molecule has 2 fully saturated rings. The van der Waals surface area contributed by atoms with Gasteiger partial charge in [0.2, 0.25) is 0 Å². The number of rotatable bonds is 1. The van der Waals surface area contributed by atoms with Gasteiger partial charge in [0.1, 0.15) is 0 Å². The molecule has 0 aromatic rings. The van der Waals surface area contributed by atoms with E-state index in [1.165, 1.54) is 25.7 Å². The highest BCUT2D eigenvalue weighted by atomic mass is 16.3. The molecule has 1 saturated carbocycles. The van der Waals surface area contributed by atoms with Crippen LogP contribution in [-0.4, -0.2) is 35.7 Å². The van der Waals surface area contributed by atoms with Crippen molar-refractivity contribution in [2.75, 3.05) is 13.7 Å². The first-order valence-corrected chi connectivity index (χ1v) is 4.65. The number of likely N-dealkylation sites (tertiary alicyclic amines) is 1. The molecule has 2 nitrogen and oxygen atoms in total. The fourth-order valence-corrected chi connectivity index (χ4v) is 2.82. The third-order valence-electron chi connectivity index (χ3n) is 3.50. The van der Waals surface area contributed by atoms with Crippen LogP contribution in [0.5, 0.6) is 0 Å². The van der Waals surface area contributed by atoms with Gasteiger partial charge < -0.3 is 5.11 Å². The van der Waals surface area contributed by atoms with Crippen molar-refractivity contribution in [1.82, 2.24) is 4.90 Å². The lowest BCUT2D eigenvalue weighted by atomic mass is 10.0. The standard InChI is InChI=1S/C9H17NO/c1-10-8(6-11)5-7-3-2-4-9(7)10/h7-9,11H,2-6H2,1H3/t7-,8+,9-/m1/s1. The Bertz CT molecular complexity index is 148. The number of hydrogen-bond acceptors (Lipinski definition) is 2. The van der Waals surface area contributed by atoms with Gasteiger partial charge in [-0.2, -0.15) is 0 Å². The summed E-state index contributed by atoms with van der Waals surface area (Å²) >= 11 is 0. The van der Waals surface area contributed by atoms with Gasteiger partial charge in [-0.25, -0.2) is 0 Å². The zero-order valence-corrected chi connectivity index (χ0v) is 7.16. The van der Waals surface area contributed by atoms with E-state index < -0.39 is 0 Å². The summed E-state index contributed by atoms with van der Waals surface area (Å²) in [5.41, 5.74) is 0. The maximum atomic E-state index is 9.05. The molecule has 2 heteroatoms. The molecule has 11 heavy (non-hydrogen) atoms. The fourth-order valence-electron chi connectivity index (χ4n) is 2.82. The molecule has 0 spiro atoms. The van der Waals surface area contributed by atoms with Gasteiger partial charge in [0.05, 0.1) is 6.61 Å². The Morgan fingerprint density at radius 1 is 1.45 bits per heavy atom. The van der Waals surface area contributed by atoms with Crippen LogP contribution in [0.4, 0.5) is 0 Å². The second kappa shape index (κ2) is 2.76. The topological polar surface area (TPSA) is 23.5 Å². The lowest BCUT2D eigenvalue weighted by Crippen LogP contribution is -2.34. The lowest BCUT2D eigenvalue weighted by Gasteiger charge is -2.22. The third kappa shape index (κ3) is 1.09. The second-order valence-electron chi connectivity index (χ2n) is 4.00. The number of aliphatic hydroxyl groups is 1. The van der Waals surface area contributed by atoms with Crippen molar-refractivity contribution in [2.24, 2.45) is 5.92 Å². The van der Waals surface area contributed by atoms with E-state index in [0.717, 1.165) is 12.0 Å². The van der Waals surface area contributed by atoms with Crippen LogP contribution in [0.25, 0.3) is 0 Å². The van der Waals surface area contributed by atoms with Crippen molar-refractivity contribution in [3.05, 3.63) is 0 Å². The minimum Gasteiger partial charge on any atom is -0.395 e. The summed E-state index contributed by atoms with van der Waals surface area (Å²) in [5.74, 6) is 0.900. The summed E-state index contributed by atoms with van der Waals surface area (Å²) in [4.78, 5) is 2.39. The molecule has 0 unspecified atom stereocenters. The molecule has 0 aromatic carbocycles. The van der Waals surface area contributed by atoms with E-state index in [0.29, 0.717) is 12.6 Å². The van der Waals surface area contributed by atoms with Gasteiger partial charge in [-0.1, -0.05) is 6.42 Å². The van der Waals surface area contributed by atoms with E-state index in [2.05, 4.69) is 11.9 Å². The summed E-state index contributed by atoms with van der Waals surface area (Å²) < 4.78 is 0. The number of hydrogen-bond donors (Lipinski definition) is 1. The summed E-state index contributed by atoms with van der Waals surface area (Å²) in [6.07, 6.45) is 5.39. The van der Waals surface area contributed by atoms with Gasteiger partial charge >= 0.3 is 0 Å². The molecule has 64 valence electrons. The predicted molar refractivity (Wildman–Crippen MR) is 44.4 cm³/mol. The quantitative estimate of drug-likeness (QED) is 0.607. The smallest absolute Gasteiger partial charge is 0.0586 e. The lowest BCUT2D eigenvalue weighted by molar-refractivity contribution is 0.154. The van der Waals surface area contributed by atoms with E-state index >= 15 is 0 Å². The second-order valence-corrected chi connectivity index (χ2v) is 4.00. The molecule has 1 N–H and O–H groups in total. The fraction of sp³-hybridized carbons (Fsp3) is 1.00.